The Kier molecular flexibility index (Phi) is 1.36. The summed E-state index contributed by atoms with van der Waals surface area (Å²) in [6, 6.07) is 0. The number of hydrogen-bond donors (Lipinski definition) is 1. The molecule has 0 saturated carbocycles. The van der Waals surface area contributed by atoms with Crippen LogP contribution in [0.15, 0.2) is 12.3 Å². The van der Waals surface area contributed by atoms with Crippen LogP contribution in [0.5, 0.6) is 0 Å². The van der Waals surface area contributed by atoms with Crippen molar-refractivity contribution in [1.29, 1.82) is 0 Å². The highest BCUT2D eigenvalue weighted by Crippen LogP contribution is 1.99. The number of hydrogen-bond acceptors (Lipinski definition) is 1. The number of quaternary nitrogens is 1. The van der Waals surface area contributed by atoms with E-state index in [-0.39, 0.29) is 0 Å². The maximum absolute atomic E-state index is 3.31. The predicted octanol–water partition coefficient (Wildman–Crippen LogP) is 0.485. The normalized spacial score (nSPS) is 25.8. The quantitative estimate of drug-likeness (QED) is 0.451. The minimum Gasteiger partial charge on any atom is -0.225 e. The number of nitrogens with one attached hydrogen (secondary N) is 1. The Morgan fingerprint density at radius 1 is 1.50 bits per heavy atom. The minimum atomic E-state index is 0.819. The Labute approximate surface area is 50.4 Å². The van der Waals surface area contributed by atoms with Crippen molar-refractivity contribution in [3.05, 3.63) is 12.3 Å². The second-order valence-electron chi connectivity index (χ2n) is 2.62. The van der Waals surface area contributed by atoms with E-state index in [9.17, 15) is 0 Å². The molecule has 1 rings (SSSR count). The van der Waals surface area contributed by atoms with Crippen molar-refractivity contribution in [3.63, 3.8) is 0 Å². The molecule has 1 heterocycles. The molecule has 1 aliphatic heterocycles. The first-order valence-electron chi connectivity index (χ1n) is 2.97. The molecule has 0 aromatic rings. The van der Waals surface area contributed by atoms with Gasteiger partial charge in [0.25, 0.3) is 0 Å². The van der Waals surface area contributed by atoms with Crippen LogP contribution < -0.4 is 5.43 Å². The summed E-state index contributed by atoms with van der Waals surface area (Å²) in [6.07, 6.45) is 5.53. The van der Waals surface area contributed by atoms with Gasteiger partial charge in [-0.2, -0.15) is 5.43 Å². The molecule has 0 fully saturated rings. The third-order valence-corrected chi connectivity index (χ3v) is 1.31. The van der Waals surface area contributed by atoms with Gasteiger partial charge in [0.2, 0.25) is 0 Å². The summed E-state index contributed by atoms with van der Waals surface area (Å²) in [4.78, 5) is 0. The Balaban J connectivity index is 2.56. The van der Waals surface area contributed by atoms with Crippen LogP contribution in [0.3, 0.4) is 0 Å². The summed E-state index contributed by atoms with van der Waals surface area (Å²) >= 11 is 0. The van der Waals surface area contributed by atoms with Gasteiger partial charge in [-0.3, -0.25) is 0 Å². The smallest absolute Gasteiger partial charge is 0.111 e. The average Bonchev–Trinajstić information content (AvgIpc) is 1.65. The van der Waals surface area contributed by atoms with Gasteiger partial charge in [0.05, 0.1) is 14.1 Å². The standard InChI is InChI=1S/C6H13N2/c1-8(2)6-4-3-5-7-8/h4,6-7H,3,5H2,1-2H3/q+1. The van der Waals surface area contributed by atoms with Crippen LogP contribution in [0, 0.1) is 0 Å². The number of nitrogens with zero attached hydrogens (tertiary/aromatic N) is 1. The summed E-state index contributed by atoms with van der Waals surface area (Å²) in [5, 5.41) is 0. The summed E-state index contributed by atoms with van der Waals surface area (Å²) < 4.78 is 0.819. The molecule has 8 heavy (non-hydrogen) atoms. The molecule has 0 atom stereocenters. The van der Waals surface area contributed by atoms with Crippen LogP contribution in [0.1, 0.15) is 6.42 Å². The van der Waals surface area contributed by atoms with Crippen LogP contribution >= 0.6 is 0 Å². The molecule has 1 N–H and O–H groups in total. The van der Waals surface area contributed by atoms with Gasteiger partial charge in [-0.25, -0.2) is 4.59 Å². The van der Waals surface area contributed by atoms with Gasteiger partial charge in [0.15, 0.2) is 0 Å². The van der Waals surface area contributed by atoms with E-state index < -0.39 is 0 Å². The zero-order valence-electron chi connectivity index (χ0n) is 5.52. The lowest BCUT2D eigenvalue weighted by Crippen LogP contribution is -2.49. The SMILES string of the molecule is C[N+]1(C)C=CCCN1. The fourth-order valence-corrected chi connectivity index (χ4v) is 0.827. The zero-order chi connectivity index (χ0) is 6.04. The molecule has 0 aromatic carbocycles. The van der Waals surface area contributed by atoms with E-state index in [1.165, 1.54) is 6.42 Å². The van der Waals surface area contributed by atoms with Crippen molar-refractivity contribution in [3.8, 4) is 0 Å². The molecule has 0 aliphatic carbocycles. The molecular weight excluding hydrogens is 100 g/mol. The first-order chi connectivity index (χ1) is 3.71. The van der Waals surface area contributed by atoms with Gasteiger partial charge in [-0.05, 0) is 12.5 Å². The summed E-state index contributed by atoms with van der Waals surface area (Å²) in [5.74, 6) is 0. The molecule has 1 aliphatic rings. The lowest BCUT2D eigenvalue weighted by molar-refractivity contribution is -0.887. The lowest BCUT2D eigenvalue weighted by Gasteiger charge is -2.27. The molecular formula is C6H13N2+. The van der Waals surface area contributed by atoms with Gasteiger partial charge in [0, 0.05) is 6.54 Å². The van der Waals surface area contributed by atoms with E-state index in [4.69, 9.17) is 0 Å². The summed E-state index contributed by atoms with van der Waals surface area (Å²) in [7, 11) is 4.24. The lowest BCUT2D eigenvalue weighted by atomic mass is 10.4. The minimum absolute atomic E-state index is 0.819. The molecule has 0 bridgehead atoms. The maximum Gasteiger partial charge on any atom is 0.111 e. The van der Waals surface area contributed by atoms with E-state index >= 15 is 0 Å². The maximum atomic E-state index is 3.31. The third kappa shape index (κ3) is 1.32. The third-order valence-electron chi connectivity index (χ3n) is 1.31. The topological polar surface area (TPSA) is 12.0 Å². The first-order valence-corrected chi connectivity index (χ1v) is 2.97. The van der Waals surface area contributed by atoms with E-state index in [0.29, 0.717) is 0 Å². The monoisotopic (exact) mass is 113 g/mol. The van der Waals surface area contributed by atoms with Gasteiger partial charge >= 0.3 is 0 Å². The molecule has 0 amide bonds. The highest BCUT2D eigenvalue weighted by Gasteiger charge is 2.11. The number of rotatable bonds is 0. The molecule has 0 aromatic heterocycles. The summed E-state index contributed by atoms with van der Waals surface area (Å²) in [6.45, 7) is 1.10. The van der Waals surface area contributed by atoms with Gasteiger partial charge in [0.1, 0.15) is 6.20 Å². The predicted molar refractivity (Wildman–Crippen MR) is 33.9 cm³/mol. The van der Waals surface area contributed by atoms with Crippen molar-refractivity contribution in [2.75, 3.05) is 20.6 Å². The highest BCUT2D eigenvalue weighted by molar-refractivity contribution is 4.76. The Morgan fingerprint density at radius 2 is 2.25 bits per heavy atom. The van der Waals surface area contributed by atoms with Crippen LogP contribution in [0.2, 0.25) is 0 Å². The second kappa shape index (κ2) is 1.88. The summed E-state index contributed by atoms with van der Waals surface area (Å²) in [5.41, 5.74) is 3.31. The Morgan fingerprint density at radius 3 is 2.50 bits per heavy atom. The van der Waals surface area contributed by atoms with Crippen molar-refractivity contribution in [2.24, 2.45) is 0 Å². The Bertz CT molecular complexity index is 105. The molecule has 0 saturated heterocycles. The van der Waals surface area contributed by atoms with Crippen molar-refractivity contribution in [2.45, 2.75) is 6.42 Å². The van der Waals surface area contributed by atoms with Crippen molar-refractivity contribution >= 4 is 0 Å². The van der Waals surface area contributed by atoms with Crippen molar-refractivity contribution < 1.29 is 4.59 Å². The van der Waals surface area contributed by atoms with E-state index in [1.807, 2.05) is 0 Å². The molecule has 2 heteroatoms. The first kappa shape index (κ1) is 5.79. The fraction of sp³-hybridized carbons (Fsp3) is 0.667. The van der Waals surface area contributed by atoms with E-state index in [1.54, 1.807) is 0 Å². The Hall–Kier alpha value is -0.340. The molecule has 0 radical (unpaired) electrons. The molecule has 0 spiro atoms. The average molecular weight is 113 g/mol. The highest BCUT2D eigenvalue weighted by atomic mass is 15.6. The van der Waals surface area contributed by atoms with Crippen molar-refractivity contribution in [1.82, 2.24) is 5.43 Å². The van der Waals surface area contributed by atoms with Crippen LogP contribution in [-0.4, -0.2) is 25.2 Å². The molecule has 46 valence electrons. The van der Waals surface area contributed by atoms with Crippen LogP contribution in [0.25, 0.3) is 0 Å². The second-order valence-corrected chi connectivity index (χ2v) is 2.62. The van der Waals surface area contributed by atoms with Crippen LogP contribution in [0.4, 0.5) is 0 Å². The van der Waals surface area contributed by atoms with Crippen LogP contribution in [-0.2, 0) is 0 Å². The van der Waals surface area contributed by atoms with E-state index in [2.05, 4.69) is 31.8 Å². The van der Waals surface area contributed by atoms with E-state index in [0.717, 1.165) is 11.1 Å². The van der Waals surface area contributed by atoms with Gasteiger partial charge < -0.3 is 0 Å². The molecule has 0 unspecified atom stereocenters. The van der Waals surface area contributed by atoms with Gasteiger partial charge in [-0.1, -0.05) is 0 Å². The largest absolute Gasteiger partial charge is 0.225 e. The fourth-order valence-electron chi connectivity index (χ4n) is 0.827. The molecule has 2 nitrogen and oxygen atoms in total. The van der Waals surface area contributed by atoms with Gasteiger partial charge in [-0.15, -0.1) is 0 Å². The zero-order valence-corrected chi connectivity index (χ0v) is 5.52.